The molecule has 25 heavy (non-hydrogen) atoms. The predicted octanol–water partition coefficient (Wildman–Crippen LogP) is 2.03. The summed E-state index contributed by atoms with van der Waals surface area (Å²) in [7, 11) is -3.87. The number of rotatable bonds is 4. The van der Waals surface area contributed by atoms with Crippen molar-refractivity contribution in [1.29, 1.82) is 0 Å². The van der Waals surface area contributed by atoms with Gasteiger partial charge in [-0.1, -0.05) is 36.4 Å². The highest BCUT2D eigenvalue weighted by Crippen LogP contribution is 2.25. The fraction of sp³-hybridized carbons (Fsp3) is 0.222. The number of carbonyl (C=O) groups excluding carboxylic acids is 2. The highest BCUT2D eigenvalue weighted by atomic mass is 32.2. The van der Waals surface area contributed by atoms with Crippen LogP contribution in [0.3, 0.4) is 0 Å². The lowest BCUT2D eigenvalue weighted by Crippen LogP contribution is -2.48. The van der Waals surface area contributed by atoms with Crippen LogP contribution in [0.1, 0.15) is 22.8 Å². The average Bonchev–Trinajstić information content (AvgIpc) is 2.60. The van der Waals surface area contributed by atoms with Crippen LogP contribution < -0.4 is 4.90 Å². The number of likely N-dealkylation sites (N-methyl/N-ethyl adjacent to an activating group) is 1. The molecule has 130 valence electrons. The van der Waals surface area contributed by atoms with Crippen molar-refractivity contribution in [2.45, 2.75) is 12.7 Å². The van der Waals surface area contributed by atoms with E-state index >= 15 is 0 Å². The van der Waals surface area contributed by atoms with E-state index in [0.717, 1.165) is 0 Å². The molecule has 0 N–H and O–H groups in total. The largest absolute Gasteiger partial charge is 0.311 e. The van der Waals surface area contributed by atoms with Gasteiger partial charge in [-0.2, -0.15) is 0 Å². The van der Waals surface area contributed by atoms with Crippen LogP contribution in [-0.2, 0) is 20.6 Å². The topological polar surface area (TPSA) is 74.8 Å². The molecule has 6 nitrogen and oxygen atoms in total. The fourth-order valence-electron chi connectivity index (χ4n) is 2.88. The minimum atomic E-state index is -3.87. The SMILES string of the molecule is CCN(C(=O)CN1C(=O)c2ccccc2CS1(=O)=O)c1ccccc1. The van der Waals surface area contributed by atoms with Crippen LogP contribution in [0.4, 0.5) is 5.69 Å². The van der Waals surface area contributed by atoms with Crippen molar-refractivity contribution in [3.63, 3.8) is 0 Å². The maximum absolute atomic E-state index is 12.7. The van der Waals surface area contributed by atoms with E-state index in [4.69, 9.17) is 0 Å². The van der Waals surface area contributed by atoms with Gasteiger partial charge in [0.05, 0.1) is 5.75 Å². The quantitative estimate of drug-likeness (QED) is 0.838. The summed E-state index contributed by atoms with van der Waals surface area (Å²) in [5.41, 5.74) is 1.46. The first kappa shape index (κ1) is 17.2. The Balaban J connectivity index is 1.89. The van der Waals surface area contributed by atoms with E-state index in [1.165, 1.54) is 4.90 Å². The first-order chi connectivity index (χ1) is 11.9. The zero-order valence-corrected chi connectivity index (χ0v) is 14.6. The number of nitrogens with zero attached hydrogens (tertiary/aromatic N) is 2. The Morgan fingerprint density at radius 2 is 1.72 bits per heavy atom. The minimum absolute atomic E-state index is 0.278. The highest BCUT2D eigenvalue weighted by molar-refractivity contribution is 7.89. The van der Waals surface area contributed by atoms with E-state index < -0.39 is 28.4 Å². The normalized spacial score (nSPS) is 15.6. The monoisotopic (exact) mass is 358 g/mol. The van der Waals surface area contributed by atoms with Crippen molar-refractivity contribution < 1.29 is 18.0 Å². The number of para-hydroxylation sites is 1. The summed E-state index contributed by atoms with van der Waals surface area (Å²) in [6, 6.07) is 15.5. The third-order valence-corrected chi connectivity index (χ3v) is 5.75. The Hall–Kier alpha value is -2.67. The highest BCUT2D eigenvalue weighted by Gasteiger charge is 2.37. The molecule has 0 fully saturated rings. The first-order valence-electron chi connectivity index (χ1n) is 7.92. The molecule has 2 amide bonds. The number of carbonyl (C=O) groups is 2. The van der Waals surface area contributed by atoms with Crippen molar-refractivity contribution >= 4 is 27.5 Å². The Morgan fingerprint density at radius 1 is 1.08 bits per heavy atom. The van der Waals surface area contributed by atoms with Gasteiger partial charge in [-0.25, -0.2) is 12.7 Å². The lowest BCUT2D eigenvalue weighted by Gasteiger charge is -2.30. The van der Waals surface area contributed by atoms with Crippen molar-refractivity contribution in [1.82, 2.24) is 4.31 Å². The number of fused-ring (bicyclic) bond motifs is 1. The van der Waals surface area contributed by atoms with Gasteiger partial charge in [-0.3, -0.25) is 9.59 Å². The predicted molar refractivity (Wildman–Crippen MR) is 94.6 cm³/mol. The summed E-state index contributed by atoms with van der Waals surface area (Å²) in [5.74, 6) is -1.37. The zero-order chi connectivity index (χ0) is 18.0. The molecule has 0 unspecified atom stereocenters. The Labute approximate surface area is 146 Å². The molecular weight excluding hydrogens is 340 g/mol. The summed E-state index contributed by atoms with van der Waals surface area (Å²) in [6.45, 7) is 1.67. The maximum atomic E-state index is 12.7. The van der Waals surface area contributed by atoms with E-state index in [0.29, 0.717) is 27.7 Å². The number of anilines is 1. The van der Waals surface area contributed by atoms with Crippen molar-refractivity contribution in [2.24, 2.45) is 0 Å². The number of amides is 2. The molecule has 2 aromatic rings. The molecule has 2 aromatic carbocycles. The number of benzene rings is 2. The fourth-order valence-corrected chi connectivity index (χ4v) is 4.34. The van der Waals surface area contributed by atoms with E-state index in [1.54, 1.807) is 55.5 Å². The molecular formula is C18H18N2O4S. The smallest absolute Gasteiger partial charge is 0.268 e. The van der Waals surface area contributed by atoms with E-state index in [1.807, 2.05) is 6.07 Å². The second-order valence-electron chi connectivity index (χ2n) is 5.70. The molecule has 0 atom stereocenters. The van der Waals surface area contributed by atoms with Crippen LogP contribution in [0, 0.1) is 0 Å². The number of hydrogen-bond acceptors (Lipinski definition) is 4. The standard InChI is InChI=1S/C18H18N2O4S/c1-2-19(15-9-4-3-5-10-15)17(21)12-20-18(22)16-11-7-6-8-14(16)13-25(20,23)24/h3-11H,2,12-13H2,1H3. The van der Waals surface area contributed by atoms with E-state index in [9.17, 15) is 18.0 Å². The molecule has 1 heterocycles. The molecule has 0 aliphatic carbocycles. The van der Waals surface area contributed by atoms with Crippen LogP contribution in [0.2, 0.25) is 0 Å². The van der Waals surface area contributed by atoms with Gasteiger partial charge < -0.3 is 4.90 Å². The molecule has 0 bridgehead atoms. The summed E-state index contributed by atoms with van der Waals surface area (Å²) < 4.78 is 25.6. The second-order valence-corrected chi connectivity index (χ2v) is 7.59. The molecule has 0 spiro atoms. The van der Waals surface area contributed by atoms with Gasteiger partial charge in [-0.05, 0) is 30.7 Å². The molecule has 7 heteroatoms. The van der Waals surface area contributed by atoms with Gasteiger partial charge in [-0.15, -0.1) is 0 Å². The van der Waals surface area contributed by atoms with E-state index in [-0.39, 0.29) is 5.75 Å². The van der Waals surface area contributed by atoms with Crippen molar-refractivity contribution in [2.75, 3.05) is 18.0 Å². The third kappa shape index (κ3) is 3.28. The van der Waals surface area contributed by atoms with Crippen molar-refractivity contribution in [3.8, 4) is 0 Å². The summed E-state index contributed by atoms with van der Waals surface area (Å²) in [4.78, 5) is 26.7. The van der Waals surface area contributed by atoms with Crippen LogP contribution in [0.15, 0.2) is 54.6 Å². The first-order valence-corrected chi connectivity index (χ1v) is 9.53. The third-order valence-electron chi connectivity index (χ3n) is 4.11. The molecule has 0 saturated heterocycles. The summed E-state index contributed by atoms with van der Waals surface area (Å²) in [6.07, 6.45) is 0. The number of sulfonamides is 1. The molecule has 1 aliphatic heterocycles. The van der Waals surface area contributed by atoms with Crippen LogP contribution in [-0.4, -0.2) is 37.6 Å². The molecule has 0 aromatic heterocycles. The Kier molecular flexibility index (Phi) is 4.59. The lowest BCUT2D eigenvalue weighted by molar-refractivity contribution is -0.118. The van der Waals surface area contributed by atoms with Gasteiger partial charge in [0.2, 0.25) is 15.9 Å². The summed E-state index contributed by atoms with van der Waals surface area (Å²) in [5, 5.41) is 0. The van der Waals surface area contributed by atoms with Gasteiger partial charge in [0.1, 0.15) is 6.54 Å². The minimum Gasteiger partial charge on any atom is -0.311 e. The average molecular weight is 358 g/mol. The van der Waals surface area contributed by atoms with Gasteiger partial charge in [0, 0.05) is 17.8 Å². The van der Waals surface area contributed by atoms with Crippen molar-refractivity contribution in [3.05, 3.63) is 65.7 Å². The number of hydrogen-bond donors (Lipinski definition) is 0. The van der Waals surface area contributed by atoms with Crippen LogP contribution in [0.5, 0.6) is 0 Å². The molecule has 0 radical (unpaired) electrons. The Morgan fingerprint density at radius 3 is 2.40 bits per heavy atom. The van der Waals surface area contributed by atoms with E-state index in [2.05, 4.69) is 0 Å². The van der Waals surface area contributed by atoms with Gasteiger partial charge in [0.15, 0.2) is 0 Å². The molecule has 3 rings (SSSR count). The second kappa shape index (κ2) is 6.68. The maximum Gasteiger partial charge on any atom is 0.268 e. The van der Waals surface area contributed by atoms with Gasteiger partial charge in [0.25, 0.3) is 5.91 Å². The lowest BCUT2D eigenvalue weighted by atomic mass is 10.1. The van der Waals surface area contributed by atoms with Crippen LogP contribution >= 0.6 is 0 Å². The van der Waals surface area contributed by atoms with Crippen LogP contribution in [0.25, 0.3) is 0 Å². The Bertz CT molecular complexity index is 910. The molecule has 0 saturated carbocycles. The van der Waals surface area contributed by atoms with Gasteiger partial charge >= 0.3 is 0 Å². The zero-order valence-electron chi connectivity index (χ0n) is 13.8. The molecule has 1 aliphatic rings. The summed E-state index contributed by atoms with van der Waals surface area (Å²) >= 11 is 0.